The first kappa shape index (κ1) is 14.8. The quantitative estimate of drug-likeness (QED) is 0.787. The van der Waals surface area contributed by atoms with Crippen LogP contribution in [0.2, 0.25) is 0 Å². The lowest BCUT2D eigenvalue weighted by molar-refractivity contribution is -0.122. The van der Waals surface area contributed by atoms with Crippen LogP contribution < -0.4 is 10.1 Å². The zero-order valence-electron chi connectivity index (χ0n) is 12.5. The summed E-state index contributed by atoms with van der Waals surface area (Å²) in [6.45, 7) is 0. The van der Waals surface area contributed by atoms with Gasteiger partial charge in [-0.3, -0.25) is 4.79 Å². The topological polar surface area (TPSA) is 51.2 Å². The van der Waals surface area contributed by atoms with Gasteiger partial charge in [-0.1, -0.05) is 42.5 Å². The molecule has 1 N–H and O–H groups in total. The third kappa shape index (κ3) is 2.65. The Hall–Kier alpha value is -2.73. The Morgan fingerprint density at radius 1 is 1.21 bits per heavy atom. The van der Waals surface area contributed by atoms with Crippen molar-refractivity contribution in [2.45, 2.75) is 12.5 Å². The van der Waals surface area contributed by atoms with Gasteiger partial charge in [0.2, 0.25) is 0 Å². The third-order valence-corrected chi connectivity index (χ3v) is 4.60. The second-order valence-corrected chi connectivity index (χ2v) is 6.28. The van der Waals surface area contributed by atoms with Crippen LogP contribution in [0.5, 0.6) is 5.75 Å². The molecule has 1 atom stereocenters. The Bertz CT molecular complexity index is 895. The van der Waals surface area contributed by atoms with E-state index in [0.29, 0.717) is 17.0 Å². The average Bonchev–Trinajstić information content (AvgIpc) is 3.23. The molecule has 0 radical (unpaired) electrons. The van der Waals surface area contributed by atoms with E-state index < -0.39 is 11.9 Å². The Kier molecular flexibility index (Phi) is 3.74. The molecule has 0 saturated carbocycles. The molecule has 0 saturated heterocycles. The summed E-state index contributed by atoms with van der Waals surface area (Å²) < 4.78 is 19.2. The molecule has 0 aliphatic carbocycles. The molecule has 4 nitrogen and oxygen atoms in total. The minimum absolute atomic E-state index is 0.172. The molecule has 0 unspecified atom stereocenters. The maximum absolute atomic E-state index is 13.7. The van der Waals surface area contributed by atoms with Crippen molar-refractivity contribution >= 4 is 22.2 Å². The Morgan fingerprint density at radius 2 is 2.04 bits per heavy atom. The van der Waals surface area contributed by atoms with Crippen molar-refractivity contribution in [1.82, 2.24) is 4.98 Å². The number of fused-ring (bicyclic) bond motifs is 1. The number of hydrogen-bond donors (Lipinski definition) is 1. The molecule has 1 aromatic heterocycles. The number of carbonyl (C=O) groups is 1. The van der Waals surface area contributed by atoms with E-state index in [1.165, 1.54) is 17.4 Å². The largest absolute Gasteiger partial charge is 0.477 e. The first-order chi connectivity index (χ1) is 11.7. The molecule has 0 fully saturated rings. The number of thiazole rings is 1. The molecular formula is C18H13FN2O2S. The number of nitrogens with zero attached hydrogens (tertiary/aromatic N) is 1. The van der Waals surface area contributed by atoms with Gasteiger partial charge in [0.25, 0.3) is 5.91 Å². The van der Waals surface area contributed by atoms with Gasteiger partial charge in [-0.2, -0.15) is 0 Å². The molecule has 0 spiro atoms. The lowest BCUT2D eigenvalue weighted by Gasteiger charge is -2.11. The minimum Gasteiger partial charge on any atom is -0.477 e. The predicted molar refractivity (Wildman–Crippen MR) is 90.7 cm³/mol. The van der Waals surface area contributed by atoms with Crippen molar-refractivity contribution in [2.75, 3.05) is 5.32 Å². The van der Waals surface area contributed by atoms with Gasteiger partial charge >= 0.3 is 0 Å². The van der Waals surface area contributed by atoms with Crippen LogP contribution in [0, 0.1) is 5.82 Å². The highest BCUT2D eigenvalue weighted by molar-refractivity contribution is 7.14. The SMILES string of the molecule is O=C(Nc1scnc1-c1ccccc1)[C@@H]1Cc2cccc(F)c2O1. The van der Waals surface area contributed by atoms with Crippen LogP contribution in [-0.2, 0) is 11.2 Å². The van der Waals surface area contributed by atoms with Crippen LogP contribution in [0.3, 0.4) is 0 Å². The maximum atomic E-state index is 13.7. The van der Waals surface area contributed by atoms with Crippen LogP contribution >= 0.6 is 11.3 Å². The van der Waals surface area contributed by atoms with Crippen molar-refractivity contribution in [2.24, 2.45) is 0 Å². The van der Waals surface area contributed by atoms with Gasteiger partial charge < -0.3 is 10.1 Å². The zero-order chi connectivity index (χ0) is 16.5. The number of nitrogens with one attached hydrogen (secondary N) is 1. The number of amides is 1. The van der Waals surface area contributed by atoms with E-state index in [4.69, 9.17) is 4.74 Å². The van der Waals surface area contributed by atoms with E-state index in [9.17, 15) is 9.18 Å². The standard InChI is InChI=1S/C18H13FN2O2S/c19-13-8-4-7-12-9-14(23-16(12)13)17(22)21-18-15(20-10-24-18)11-5-2-1-3-6-11/h1-8,10,14H,9H2,(H,21,22)/t14-/m0/s1. The van der Waals surface area contributed by atoms with Crippen molar-refractivity contribution in [1.29, 1.82) is 0 Å². The van der Waals surface area contributed by atoms with E-state index in [1.807, 2.05) is 30.3 Å². The highest BCUT2D eigenvalue weighted by Gasteiger charge is 2.31. The Labute approximate surface area is 141 Å². The molecule has 4 rings (SSSR count). The van der Waals surface area contributed by atoms with Gasteiger partial charge in [0.05, 0.1) is 5.51 Å². The van der Waals surface area contributed by atoms with E-state index in [-0.39, 0.29) is 11.7 Å². The number of anilines is 1. The molecule has 1 amide bonds. The van der Waals surface area contributed by atoms with Gasteiger partial charge in [-0.25, -0.2) is 9.37 Å². The summed E-state index contributed by atoms with van der Waals surface area (Å²) in [6, 6.07) is 14.3. The summed E-state index contributed by atoms with van der Waals surface area (Å²) in [5.74, 6) is -0.567. The number of rotatable bonds is 3. The molecule has 120 valence electrons. The number of aromatic nitrogens is 1. The van der Waals surface area contributed by atoms with Crippen LogP contribution in [0.25, 0.3) is 11.3 Å². The number of benzene rings is 2. The van der Waals surface area contributed by atoms with Gasteiger partial charge in [-0.05, 0) is 6.07 Å². The third-order valence-electron chi connectivity index (χ3n) is 3.86. The first-order valence-corrected chi connectivity index (χ1v) is 8.34. The minimum atomic E-state index is -0.734. The second-order valence-electron chi connectivity index (χ2n) is 5.42. The number of ether oxygens (including phenoxy) is 1. The molecule has 3 aromatic rings. The summed E-state index contributed by atoms with van der Waals surface area (Å²) in [5, 5.41) is 3.51. The fourth-order valence-corrected chi connectivity index (χ4v) is 3.41. The Balaban J connectivity index is 1.53. The fraction of sp³-hybridized carbons (Fsp3) is 0.111. The number of para-hydroxylation sites is 1. The molecule has 6 heteroatoms. The highest BCUT2D eigenvalue weighted by Crippen LogP contribution is 2.34. The monoisotopic (exact) mass is 340 g/mol. The van der Waals surface area contributed by atoms with Crippen LogP contribution in [0.1, 0.15) is 5.56 Å². The van der Waals surface area contributed by atoms with Gasteiger partial charge in [0, 0.05) is 17.5 Å². The van der Waals surface area contributed by atoms with Crippen LogP contribution in [-0.4, -0.2) is 17.0 Å². The summed E-state index contributed by atoms with van der Waals surface area (Å²) >= 11 is 1.35. The number of carbonyl (C=O) groups excluding carboxylic acids is 1. The van der Waals surface area contributed by atoms with Crippen molar-refractivity contribution in [3.05, 3.63) is 65.4 Å². The van der Waals surface area contributed by atoms with Crippen molar-refractivity contribution < 1.29 is 13.9 Å². The Morgan fingerprint density at radius 3 is 2.83 bits per heavy atom. The van der Waals surface area contributed by atoms with E-state index in [1.54, 1.807) is 17.6 Å². The molecule has 2 heterocycles. The van der Waals surface area contributed by atoms with Crippen LogP contribution in [0.4, 0.5) is 9.39 Å². The average molecular weight is 340 g/mol. The fourth-order valence-electron chi connectivity index (χ4n) is 2.71. The van der Waals surface area contributed by atoms with Gasteiger partial charge in [-0.15, -0.1) is 11.3 Å². The second kappa shape index (κ2) is 6.05. The maximum Gasteiger partial charge on any atom is 0.266 e. The first-order valence-electron chi connectivity index (χ1n) is 7.46. The molecule has 1 aliphatic rings. The molecule has 1 aliphatic heterocycles. The van der Waals surface area contributed by atoms with Crippen molar-refractivity contribution in [3.63, 3.8) is 0 Å². The van der Waals surface area contributed by atoms with E-state index in [2.05, 4.69) is 10.3 Å². The molecular weight excluding hydrogens is 327 g/mol. The van der Waals surface area contributed by atoms with Crippen LogP contribution in [0.15, 0.2) is 54.0 Å². The number of hydrogen-bond acceptors (Lipinski definition) is 4. The summed E-state index contributed by atoms with van der Waals surface area (Å²) in [5.41, 5.74) is 4.04. The number of halogens is 1. The van der Waals surface area contributed by atoms with Gasteiger partial charge in [0.1, 0.15) is 10.7 Å². The lowest BCUT2D eigenvalue weighted by atomic mass is 10.1. The molecule has 24 heavy (non-hydrogen) atoms. The normalized spacial score (nSPS) is 15.6. The predicted octanol–water partition coefficient (Wildman–Crippen LogP) is 3.89. The van der Waals surface area contributed by atoms with Gasteiger partial charge in [0.15, 0.2) is 17.7 Å². The summed E-state index contributed by atoms with van der Waals surface area (Å²) in [7, 11) is 0. The van der Waals surface area contributed by atoms with Crippen molar-refractivity contribution in [3.8, 4) is 17.0 Å². The summed E-state index contributed by atoms with van der Waals surface area (Å²) in [6.07, 6.45) is -0.374. The zero-order valence-corrected chi connectivity index (χ0v) is 13.3. The molecule has 2 aromatic carbocycles. The highest BCUT2D eigenvalue weighted by atomic mass is 32.1. The lowest BCUT2D eigenvalue weighted by Crippen LogP contribution is -2.31. The molecule has 0 bridgehead atoms. The summed E-state index contributed by atoms with van der Waals surface area (Å²) in [4.78, 5) is 16.8. The van der Waals surface area contributed by atoms with E-state index in [0.717, 1.165) is 11.3 Å². The van der Waals surface area contributed by atoms with E-state index >= 15 is 0 Å². The smallest absolute Gasteiger partial charge is 0.266 e.